The summed E-state index contributed by atoms with van der Waals surface area (Å²) in [6.45, 7) is 8.59. The minimum absolute atomic E-state index is 0.152. The molecule has 0 fully saturated rings. The first-order valence-corrected chi connectivity index (χ1v) is 17.3. The quantitative estimate of drug-likeness (QED) is 0.0829. The first-order chi connectivity index (χ1) is 21.4. The molecule has 0 heterocycles. The van der Waals surface area contributed by atoms with Crippen molar-refractivity contribution in [3.63, 3.8) is 0 Å². The number of nitrogens with zero attached hydrogens (tertiary/aromatic N) is 2. The highest BCUT2D eigenvalue weighted by Crippen LogP contribution is 2.21. The van der Waals surface area contributed by atoms with Gasteiger partial charge in [-0.15, -0.1) is 0 Å². The van der Waals surface area contributed by atoms with Crippen LogP contribution in [0.25, 0.3) is 11.1 Å². The molecular weight excluding hydrogens is 548 g/mol. The van der Waals surface area contributed by atoms with Gasteiger partial charge in [0.05, 0.1) is 12.8 Å². The third kappa shape index (κ3) is 17.6. The lowest BCUT2D eigenvalue weighted by Gasteiger charge is -2.16. The van der Waals surface area contributed by atoms with Crippen molar-refractivity contribution in [2.45, 2.75) is 117 Å². The Kier molecular flexibility index (Phi) is 20.2. The highest BCUT2D eigenvalue weighted by molar-refractivity contribution is 5.70. The number of hydrogen-bond acceptors (Lipinski definition) is 6. The second-order valence-corrected chi connectivity index (χ2v) is 12.4. The lowest BCUT2D eigenvalue weighted by Crippen LogP contribution is -2.23. The molecule has 0 aliphatic rings. The molecule has 0 saturated carbocycles. The van der Waals surface area contributed by atoms with Gasteiger partial charge in [-0.25, -0.2) is 0 Å². The van der Waals surface area contributed by atoms with Gasteiger partial charge in [-0.1, -0.05) is 127 Å². The van der Waals surface area contributed by atoms with Crippen LogP contribution in [-0.4, -0.2) is 62.0 Å². The third-order valence-electron chi connectivity index (χ3n) is 8.22. The maximum Gasteiger partial charge on any atom is 0.307 e. The van der Waals surface area contributed by atoms with Crippen LogP contribution in [0.15, 0.2) is 48.5 Å². The van der Waals surface area contributed by atoms with Gasteiger partial charge in [0.1, 0.15) is 13.2 Å². The molecule has 0 radical (unpaired) electrons. The molecule has 0 spiro atoms. The third-order valence-corrected chi connectivity index (χ3v) is 8.22. The fourth-order valence-electron chi connectivity index (χ4n) is 5.17. The van der Waals surface area contributed by atoms with Gasteiger partial charge in [-0.2, -0.15) is 0 Å². The molecule has 0 unspecified atom stereocenters. The number of carbonyl (C=O) groups excluding carboxylic acids is 2. The molecule has 0 bridgehead atoms. The smallest absolute Gasteiger partial charge is 0.307 e. The van der Waals surface area contributed by atoms with Crippen molar-refractivity contribution in [2.24, 2.45) is 0 Å². The van der Waals surface area contributed by atoms with E-state index in [1.165, 1.54) is 77.0 Å². The Morgan fingerprint density at radius 3 is 1.20 bits per heavy atom. The molecule has 2 aromatic rings. The predicted molar refractivity (Wildman–Crippen MR) is 182 cm³/mol. The zero-order chi connectivity index (χ0) is 31.8. The molecule has 0 saturated heterocycles. The van der Waals surface area contributed by atoms with E-state index in [2.05, 4.69) is 37.7 Å². The summed E-state index contributed by atoms with van der Waals surface area (Å²) in [5, 5.41) is 0. The van der Waals surface area contributed by atoms with Crippen molar-refractivity contribution in [1.29, 1.82) is 0 Å². The Morgan fingerprint density at radius 1 is 0.500 bits per heavy atom. The van der Waals surface area contributed by atoms with Gasteiger partial charge in [0.15, 0.2) is 0 Å². The second-order valence-electron chi connectivity index (χ2n) is 12.4. The molecule has 2 aromatic carbocycles. The van der Waals surface area contributed by atoms with Crippen LogP contribution in [-0.2, 0) is 32.3 Å². The molecule has 0 amide bonds. The molecule has 0 N–H and O–H groups in total. The largest absolute Gasteiger partial charge is 0.461 e. The number of ether oxygens (including phenoxy) is 2. The number of carbonyl (C=O) groups is 2. The Bertz CT molecular complexity index is 939. The zero-order valence-electron chi connectivity index (χ0n) is 28.3. The van der Waals surface area contributed by atoms with Crippen molar-refractivity contribution in [3.8, 4) is 11.1 Å². The minimum atomic E-state index is -0.152. The maximum atomic E-state index is 12.2. The van der Waals surface area contributed by atoms with E-state index in [0.717, 1.165) is 48.4 Å². The number of benzene rings is 2. The molecular formula is C38H60N2O4. The summed E-state index contributed by atoms with van der Waals surface area (Å²) in [6, 6.07) is 16.2. The molecule has 0 aliphatic carbocycles. The van der Waals surface area contributed by atoms with Crippen LogP contribution >= 0.6 is 0 Å². The van der Waals surface area contributed by atoms with Gasteiger partial charge in [-0.3, -0.25) is 9.59 Å². The monoisotopic (exact) mass is 608 g/mol. The van der Waals surface area contributed by atoms with Crippen LogP contribution in [0.2, 0.25) is 0 Å². The number of rotatable bonds is 25. The SMILES string of the molecule is CCCCCCCCN(C)CCC(=O)OCc1ccc(-c2ccc(COC(=O)CCN(C)CCCCCCCC)cc2)cc1. The standard InChI is InChI=1S/C38H60N2O4/c1-5-7-9-11-13-15-27-39(3)29-25-37(41)43-31-33-17-21-35(22-18-33)36-23-19-34(20-24-36)32-44-38(42)26-30-40(4)28-16-14-12-10-8-6-2/h17-24H,5-16,25-32H2,1-4H3. The molecule has 246 valence electrons. The van der Waals surface area contributed by atoms with Crippen LogP contribution in [0, 0.1) is 0 Å². The fourth-order valence-corrected chi connectivity index (χ4v) is 5.17. The van der Waals surface area contributed by atoms with Gasteiger partial charge < -0.3 is 19.3 Å². The van der Waals surface area contributed by atoms with E-state index in [1.54, 1.807) is 0 Å². The van der Waals surface area contributed by atoms with Crippen molar-refractivity contribution in [2.75, 3.05) is 40.3 Å². The highest BCUT2D eigenvalue weighted by atomic mass is 16.5. The highest BCUT2D eigenvalue weighted by Gasteiger charge is 2.09. The fraction of sp³-hybridized carbons (Fsp3) is 0.632. The number of unbranched alkanes of at least 4 members (excludes halogenated alkanes) is 10. The Morgan fingerprint density at radius 2 is 0.841 bits per heavy atom. The van der Waals surface area contributed by atoms with E-state index in [-0.39, 0.29) is 11.9 Å². The van der Waals surface area contributed by atoms with E-state index in [4.69, 9.17) is 9.47 Å². The first kappa shape index (κ1) is 37.5. The molecule has 0 atom stereocenters. The van der Waals surface area contributed by atoms with Gasteiger partial charge in [-0.05, 0) is 62.3 Å². The molecule has 0 aromatic heterocycles. The van der Waals surface area contributed by atoms with Crippen molar-refractivity contribution in [1.82, 2.24) is 9.80 Å². The Hall–Kier alpha value is -2.70. The lowest BCUT2D eigenvalue weighted by atomic mass is 10.0. The zero-order valence-corrected chi connectivity index (χ0v) is 28.3. The molecule has 44 heavy (non-hydrogen) atoms. The normalized spacial score (nSPS) is 11.3. The number of esters is 2. The van der Waals surface area contributed by atoms with Gasteiger partial charge in [0.2, 0.25) is 0 Å². The maximum absolute atomic E-state index is 12.2. The van der Waals surface area contributed by atoms with E-state index in [0.29, 0.717) is 26.1 Å². The van der Waals surface area contributed by atoms with E-state index in [1.807, 2.05) is 48.5 Å². The van der Waals surface area contributed by atoms with Crippen LogP contribution in [0.4, 0.5) is 0 Å². The van der Waals surface area contributed by atoms with E-state index >= 15 is 0 Å². The molecule has 0 aliphatic heterocycles. The first-order valence-electron chi connectivity index (χ1n) is 17.3. The topological polar surface area (TPSA) is 59.1 Å². The number of hydrogen-bond donors (Lipinski definition) is 0. The van der Waals surface area contributed by atoms with Crippen molar-refractivity contribution >= 4 is 11.9 Å². The van der Waals surface area contributed by atoms with Crippen LogP contribution in [0.1, 0.15) is 115 Å². The summed E-state index contributed by atoms with van der Waals surface area (Å²) in [6.07, 6.45) is 16.2. The lowest BCUT2D eigenvalue weighted by molar-refractivity contribution is -0.146. The van der Waals surface area contributed by atoms with Crippen molar-refractivity contribution < 1.29 is 19.1 Å². The summed E-state index contributed by atoms with van der Waals surface area (Å²) < 4.78 is 11.0. The van der Waals surface area contributed by atoms with Crippen molar-refractivity contribution in [3.05, 3.63) is 59.7 Å². The van der Waals surface area contributed by atoms with Crippen LogP contribution < -0.4 is 0 Å². The Balaban J connectivity index is 1.61. The summed E-state index contributed by atoms with van der Waals surface area (Å²) >= 11 is 0. The summed E-state index contributed by atoms with van der Waals surface area (Å²) in [4.78, 5) is 28.9. The van der Waals surface area contributed by atoms with Gasteiger partial charge in [0, 0.05) is 13.1 Å². The predicted octanol–water partition coefficient (Wildman–Crippen LogP) is 8.80. The molecule has 2 rings (SSSR count). The van der Waals surface area contributed by atoms with E-state index < -0.39 is 0 Å². The minimum Gasteiger partial charge on any atom is -0.461 e. The van der Waals surface area contributed by atoms with Crippen LogP contribution in [0.5, 0.6) is 0 Å². The summed E-state index contributed by atoms with van der Waals surface area (Å²) in [5.74, 6) is -0.305. The molecule has 6 heteroatoms. The second kappa shape index (κ2) is 23.7. The van der Waals surface area contributed by atoms with E-state index in [9.17, 15) is 9.59 Å². The summed E-state index contributed by atoms with van der Waals surface area (Å²) in [5.41, 5.74) is 4.13. The average Bonchev–Trinajstić information content (AvgIpc) is 3.04. The Labute approximate surface area is 268 Å². The molecule has 6 nitrogen and oxygen atoms in total. The summed E-state index contributed by atoms with van der Waals surface area (Å²) in [7, 11) is 4.16. The van der Waals surface area contributed by atoms with Gasteiger partial charge in [0.25, 0.3) is 0 Å². The average molecular weight is 609 g/mol. The van der Waals surface area contributed by atoms with Crippen LogP contribution in [0.3, 0.4) is 0 Å². The van der Waals surface area contributed by atoms with Gasteiger partial charge >= 0.3 is 11.9 Å².